The molecule has 0 bridgehead atoms. The van der Waals surface area contributed by atoms with Crippen molar-refractivity contribution in [2.45, 2.75) is 13.8 Å². The Morgan fingerprint density at radius 2 is 1.00 bits per heavy atom. The fraction of sp³-hybridized carbons (Fsp3) is 0.0938. The van der Waals surface area contributed by atoms with Gasteiger partial charge < -0.3 is 9.47 Å². The van der Waals surface area contributed by atoms with E-state index in [4.69, 9.17) is 9.47 Å². The summed E-state index contributed by atoms with van der Waals surface area (Å²) in [4.78, 5) is 11.7. The van der Waals surface area contributed by atoms with E-state index in [1.165, 1.54) is 0 Å². The first-order chi connectivity index (χ1) is 17.0. The molecule has 0 unspecified atom stereocenters. The van der Waals surface area contributed by atoms with Crippen LogP contribution in [-0.2, 0) is 4.79 Å². The molecule has 0 N–H and O–H groups in total. The maximum atomic E-state index is 11.7. The average Bonchev–Trinajstić information content (AvgIpc) is 2.90. The Labute approximate surface area is 207 Å². The Bertz CT molecular complexity index is 1310. The van der Waals surface area contributed by atoms with Gasteiger partial charge in [-0.05, 0) is 71.5 Å². The Kier molecular flexibility index (Phi) is 7.59. The molecule has 0 amide bonds. The van der Waals surface area contributed by atoms with E-state index in [-0.39, 0.29) is 0 Å². The lowest BCUT2D eigenvalue weighted by atomic mass is 9.98. The molecule has 0 aliphatic rings. The van der Waals surface area contributed by atoms with E-state index in [0.717, 1.165) is 39.1 Å². The highest BCUT2D eigenvalue weighted by molar-refractivity contribution is 5.88. The Morgan fingerprint density at radius 1 is 0.657 bits per heavy atom. The van der Waals surface area contributed by atoms with Gasteiger partial charge in [-0.2, -0.15) is 0 Å². The summed E-state index contributed by atoms with van der Waals surface area (Å²) in [5.41, 5.74) is 7.16. The molecule has 0 aliphatic heterocycles. The first kappa shape index (κ1) is 23.8. The Hall–Kier alpha value is -4.37. The van der Waals surface area contributed by atoms with Gasteiger partial charge in [-0.1, -0.05) is 91.5 Å². The number of rotatable bonds is 8. The van der Waals surface area contributed by atoms with Crippen LogP contribution in [0.4, 0.5) is 0 Å². The minimum Gasteiger partial charge on any atom is -0.490 e. The molecule has 4 aromatic carbocycles. The summed E-state index contributed by atoms with van der Waals surface area (Å²) in [6.07, 6.45) is 3.96. The van der Waals surface area contributed by atoms with Gasteiger partial charge in [-0.15, -0.1) is 0 Å². The Morgan fingerprint density at radius 3 is 1.34 bits per heavy atom. The van der Waals surface area contributed by atoms with Crippen LogP contribution in [0.3, 0.4) is 0 Å². The molecule has 0 fully saturated rings. The zero-order valence-corrected chi connectivity index (χ0v) is 20.0. The van der Waals surface area contributed by atoms with Gasteiger partial charge in [0.25, 0.3) is 0 Å². The van der Waals surface area contributed by atoms with Crippen molar-refractivity contribution in [3.05, 3.63) is 121 Å². The maximum Gasteiger partial charge on any atom is 0.338 e. The van der Waals surface area contributed by atoms with Gasteiger partial charge in [-0.25, -0.2) is 4.79 Å². The normalized spacial score (nSPS) is 10.8. The summed E-state index contributed by atoms with van der Waals surface area (Å²) in [6, 6.07) is 32.7. The van der Waals surface area contributed by atoms with Crippen LogP contribution in [0.5, 0.6) is 11.5 Å². The molecule has 0 aromatic heterocycles. The Balaban J connectivity index is 1.42. The maximum absolute atomic E-state index is 11.7. The molecule has 4 rings (SSSR count). The van der Waals surface area contributed by atoms with E-state index in [1.807, 2.05) is 43.3 Å². The molecular formula is C32H28O3. The second-order valence-electron chi connectivity index (χ2n) is 8.25. The minimum absolute atomic E-state index is 0.376. The summed E-state index contributed by atoms with van der Waals surface area (Å²) < 4.78 is 10.9. The van der Waals surface area contributed by atoms with Crippen molar-refractivity contribution < 1.29 is 14.3 Å². The lowest BCUT2D eigenvalue weighted by Crippen LogP contribution is -2.07. The highest BCUT2D eigenvalue weighted by Crippen LogP contribution is 2.29. The van der Waals surface area contributed by atoms with Crippen LogP contribution in [0.2, 0.25) is 0 Å². The smallest absolute Gasteiger partial charge is 0.338 e. The SMILES string of the molecule is C=C(C)C(=O)Oc1ccc(-c2ccc(-c3ccc(-c4ccc(OC/C=C/C)cc4)cc3)cc2)cc1. The second-order valence-corrected chi connectivity index (χ2v) is 8.25. The molecule has 174 valence electrons. The number of hydrogen-bond donors (Lipinski definition) is 0. The van der Waals surface area contributed by atoms with E-state index in [0.29, 0.717) is 17.9 Å². The van der Waals surface area contributed by atoms with Crippen molar-refractivity contribution in [2.24, 2.45) is 0 Å². The van der Waals surface area contributed by atoms with Crippen LogP contribution >= 0.6 is 0 Å². The molecule has 0 spiro atoms. The molecule has 0 aliphatic carbocycles. The first-order valence-electron chi connectivity index (χ1n) is 11.6. The van der Waals surface area contributed by atoms with Crippen LogP contribution in [0.1, 0.15) is 13.8 Å². The molecule has 4 aromatic rings. The van der Waals surface area contributed by atoms with Crippen LogP contribution in [-0.4, -0.2) is 12.6 Å². The van der Waals surface area contributed by atoms with Gasteiger partial charge in [0.2, 0.25) is 0 Å². The third-order valence-electron chi connectivity index (χ3n) is 5.62. The number of carbonyl (C=O) groups is 1. The molecule has 3 heteroatoms. The van der Waals surface area contributed by atoms with Gasteiger partial charge in [0.05, 0.1) is 0 Å². The fourth-order valence-electron chi connectivity index (χ4n) is 3.60. The molecular weight excluding hydrogens is 432 g/mol. The van der Waals surface area contributed by atoms with E-state index in [2.05, 4.69) is 67.2 Å². The number of carbonyl (C=O) groups excluding carboxylic acids is 1. The zero-order valence-electron chi connectivity index (χ0n) is 20.0. The summed E-state index contributed by atoms with van der Waals surface area (Å²) in [5.74, 6) is 0.958. The van der Waals surface area contributed by atoms with Crippen molar-refractivity contribution in [3.8, 4) is 44.9 Å². The monoisotopic (exact) mass is 460 g/mol. The quantitative estimate of drug-likeness (QED) is 0.115. The lowest BCUT2D eigenvalue weighted by Gasteiger charge is -2.09. The topological polar surface area (TPSA) is 35.5 Å². The van der Waals surface area contributed by atoms with Crippen molar-refractivity contribution in [1.29, 1.82) is 0 Å². The van der Waals surface area contributed by atoms with Gasteiger partial charge in [0, 0.05) is 5.57 Å². The van der Waals surface area contributed by atoms with Crippen molar-refractivity contribution in [1.82, 2.24) is 0 Å². The average molecular weight is 461 g/mol. The van der Waals surface area contributed by atoms with Crippen LogP contribution in [0.25, 0.3) is 33.4 Å². The number of esters is 1. The highest BCUT2D eigenvalue weighted by Gasteiger charge is 2.06. The third kappa shape index (κ3) is 6.15. The van der Waals surface area contributed by atoms with Crippen molar-refractivity contribution >= 4 is 5.97 Å². The van der Waals surface area contributed by atoms with E-state index in [9.17, 15) is 4.79 Å². The molecule has 0 atom stereocenters. The van der Waals surface area contributed by atoms with E-state index >= 15 is 0 Å². The van der Waals surface area contributed by atoms with Gasteiger partial charge in [0.15, 0.2) is 0 Å². The zero-order chi connectivity index (χ0) is 24.6. The molecule has 0 saturated carbocycles. The minimum atomic E-state index is -0.417. The standard InChI is InChI=1S/C32H28O3/c1-4-5-22-34-30-18-14-28(15-19-30)26-10-6-24(7-11-26)25-8-12-27(13-9-25)29-16-20-31(21-17-29)35-32(33)23(2)3/h4-21H,2,22H2,1,3H3/b5-4+. The van der Waals surface area contributed by atoms with Gasteiger partial charge in [0.1, 0.15) is 18.1 Å². The molecule has 0 radical (unpaired) electrons. The molecule has 0 saturated heterocycles. The lowest BCUT2D eigenvalue weighted by molar-refractivity contribution is -0.130. The third-order valence-corrected chi connectivity index (χ3v) is 5.62. The predicted molar refractivity (Wildman–Crippen MR) is 144 cm³/mol. The van der Waals surface area contributed by atoms with E-state index in [1.54, 1.807) is 19.1 Å². The summed E-state index contributed by atoms with van der Waals surface area (Å²) in [7, 11) is 0. The van der Waals surface area contributed by atoms with Gasteiger partial charge >= 0.3 is 5.97 Å². The van der Waals surface area contributed by atoms with Crippen molar-refractivity contribution in [2.75, 3.05) is 6.61 Å². The number of hydrogen-bond acceptors (Lipinski definition) is 3. The van der Waals surface area contributed by atoms with E-state index < -0.39 is 5.97 Å². The van der Waals surface area contributed by atoms with Gasteiger partial charge in [-0.3, -0.25) is 0 Å². The van der Waals surface area contributed by atoms with Crippen molar-refractivity contribution in [3.63, 3.8) is 0 Å². The predicted octanol–water partition coefficient (Wildman–Crippen LogP) is 8.12. The van der Waals surface area contributed by atoms with Crippen LogP contribution < -0.4 is 9.47 Å². The van der Waals surface area contributed by atoms with Crippen LogP contribution in [0.15, 0.2) is 121 Å². The summed E-state index contributed by atoms with van der Waals surface area (Å²) >= 11 is 0. The fourth-order valence-corrected chi connectivity index (χ4v) is 3.60. The number of benzene rings is 4. The van der Waals surface area contributed by atoms with Crippen LogP contribution in [0, 0.1) is 0 Å². The summed E-state index contributed by atoms with van der Waals surface area (Å²) in [5, 5.41) is 0. The summed E-state index contributed by atoms with van der Waals surface area (Å²) in [6.45, 7) is 7.80. The molecule has 3 nitrogen and oxygen atoms in total. The largest absolute Gasteiger partial charge is 0.490 e. The second kappa shape index (κ2) is 11.2. The first-order valence-corrected chi connectivity index (χ1v) is 11.6. The number of ether oxygens (including phenoxy) is 2. The highest BCUT2D eigenvalue weighted by atomic mass is 16.5. The molecule has 0 heterocycles. The number of allylic oxidation sites excluding steroid dienone is 1. The molecule has 35 heavy (non-hydrogen) atoms.